The zero-order valence-corrected chi connectivity index (χ0v) is 8.89. The van der Waals surface area contributed by atoms with Crippen LogP contribution in [0.5, 0.6) is 0 Å². The molecule has 1 saturated heterocycles. The number of hydrogen-bond acceptors (Lipinski definition) is 5. The molecule has 0 aliphatic carbocycles. The van der Waals surface area contributed by atoms with Crippen LogP contribution in [0, 0.1) is 5.92 Å². The number of nitrogens with one attached hydrogen (secondary N) is 1. The van der Waals surface area contributed by atoms with Gasteiger partial charge in [0.2, 0.25) is 5.91 Å². The number of hydrazine groups is 1. The first-order valence-corrected chi connectivity index (χ1v) is 5.18. The number of aromatic nitrogens is 1. The van der Waals surface area contributed by atoms with E-state index in [1.54, 1.807) is 6.07 Å². The van der Waals surface area contributed by atoms with Crippen LogP contribution in [0.15, 0.2) is 18.2 Å². The SMILES string of the molecule is NNc1cccc(N2CCC(C(N)=O)C2)n1. The molecule has 0 bridgehead atoms. The van der Waals surface area contributed by atoms with Gasteiger partial charge in [-0.15, -0.1) is 0 Å². The maximum Gasteiger partial charge on any atom is 0.222 e. The highest BCUT2D eigenvalue weighted by Crippen LogP contribution is 2.22. The molecule has 2 rings (SSSR count). The van der Waals surface area contributed by atoms with Gasteiger partial charge in [0.25, 0.3) is 0 Å². The second kappa shape index (κ2) is 4.36. The van der Waals surface area contributed by atoms with Gasteiger partial charge in [0.05, 0.1) is 5.92 Å². The largest absolute Gasteiger partial charge is 0.369 e. The van der Waals surface area contributed by atoms with Crippen molar-refractivity contribution in [3.63, 3.8) is 0 Å². The van der Waals surface area contributed by atoms with E-state index < -0.39 is 0 Å². The highest BCUT2D eigenvalue weighted by molar-refractivity contribution is 5.78. The van der Waals surface area contributed by atoms with Crippen molar-refractivity contribution in [1.29, 1.82) is 0 Å². The predicted molar refractivity (Wildman–Crippen MR) is 61.6 cm³/mol. The Morgan fingerprint density at radius 2 is 2.38 bits per heavy atom. The van der Waals surface area contributed by atoms with Crippen molar-refractivity contribution >= 4 is 17.5 Å². The maximum atomic E-state index is 11.0. The molecule has 1 fully saturated rings. The molecular formula is C10H15N5O. The minimum absolute atomic E-state index is 0.0729. The number of hydrogen-bond donors (Lipinski definition) is 3. The number of primary amides is 1. The van der Waals surface area contributed by atoms with Crippen molar-refractivity contribution in [2.45, 2.75) is 6.42 Å². The lowest BCUT2D eigenvalue weighted by Crippen LogP contribution is -2.27. The van der Waals surface area contributed by atoms with E-state index in [0.29, 0.717) is 12.4 Å². The van der Waals surface area contributed by atoms with Gasteiger partial charge in [0.1, 0.15) is 11.6 Å². The zero-order chi connectivity index (χ0) is 11.5. The number of carbonyl (C=O) groups excluding carboxylic acids is 1. The Hall–Kier alpha value is -1.82. The normalized spacial score (nSPS) is 19.8. The zero-order valence-electron chi connectivity index (χ0n) is 8.89. The Morgan fingerprint density at radius 3 is 3.00 bits per heavy atom. The average Bonchev–Trinajstić information content (AvgIpc) is 2.78. The van der Waals surface area contributed by atoms with E-state index >= 15 is 0 Å². The summed E-state index contributed by atoms with van der Waals surface area (Å²) in [6.07, 6.45) is 0.789. The van der Waals surface area contributed by atoms with Gasteiger partial charge in [-0.2, -0.15) is 0 Å². The van der Waals surface area contributed by atoms with Crippen LogP contribution in [0.2, 0.25) is 0 Å². The minimum atomic E-state index is -0.240. The summed E-state index contributed by atoms with van der Waals surface area (Å²) in [5.74, 6) is 6.40. The monoisotopic (exact) mass is 221 g/mol. The summed E-state index contributed by atoms with van der Waals surface area (Å²) in [5, 5.41) is 0. The molecule has 1 amide bonds. The molecule has 6 nitrogen and oxygen atoms in total. The minimum Gasteiger partial charge on any atom is -0.369 e. The van der Waals surface area contributed by atoms with Gasteiger partial charge in [-0.3, -0.25) is 4.79 Å². The van der Waals surface area contributed by atoms with Crippen molar-refractivity contribution in [3.8, 4) is 0 Å². The van der Waals surface area contributed by atoms with Gasteiger partial charge < -0.3 is 16.1 Å². The summed E-state index contributed by atoms with van der Waals surface area (Å²) in [4.78, 5) is 17.4. The van der Waals surface area contributed by atoms with E-state index in [1.807, 2.05) is 17.0 Å². The van der Waals surface area contributed by atoms with E-state index in [4.69, 9.17) is 11.6 Å². The molecular weight excluding hydrogens is 206 g/mol. The second-order valence-electron chi connectivity index (χ2n) is 3.86. The molecule has 1 unspecified atom stereocenters. The van der Waals surface area contributed by atoms with Crippen LogP contribution >= 0.6 is 0 Å². The van der Waals surface area contributed by atoms with E-state index in [-0.39, 0.29) is 11.8 Å². The van der Waals surface area contributed by atoms with E-state index in [9.17, 15) is 4.79 Å². The second-order valence-corrected chi connectivity index (χ2v) is 3.86. The van der Waals surface area contributed by atoms with Crippen molar-refractivity contribution < 1.29 is 4.79 Å². The molecule has 5 N–H and O–H groups in total. The van der Waals surface area contributed by atoms with Crippen LogP contribution in [-0.4, -0.2) is 24.0 Å². The quantitative estimate of drug-likeness (QED) is 0.480. The van der Waals surface area contributed by atoms with Crippen LogP contribution in [0.3, 0.4) is 0 Å². The molecule has 1 aromatic heterocycles. The summed E-state index contributed by atoms with van der Waals surface area (Å²) < 4.78 is 0. The van der Waals surface area contributed by atoms with Gasteiger partial charge in [0.15, 0.2) is 0 Å². The summed E-state index contributed by atoms with van der Waals surface area (Å²) in [6, 6.07) is 5.55. The third-order valence-corrected chi connectivity index (χ3v) is 2.80. The molecule has 86 valence electrons. The van der Waals surface area contributed by atoms with Gasteiger partial charge in [-0.05, 0) is 18.6 Å². The number of rotatable bonds is 3. The Kier molecular flexibility index (Phi) is 2.91. The Bertz CT molecular complexity index is 395. The van der Waals surface area contributed by atoms with Gasteiger partial charge >= 0.3 is 0 Å². The summed E-state index contributed by atoms with van der Waals surface area (Å²) in [7, 11) is 0. The molecule has 6 heteroatoms. The van der Waals surface area contributed by atoms with E-state index in [0.717, 1.165) is 18.8 Å². The smallest absolute Gasteiger partial charge is 0.222 e. The number of pyridine rings is 1. The lowest BCUT2D eigenvalue weighted by Gasteiger charge is -2.17. The number of anilines is 2. The molecule has 0 aromatic carbocycles. The molecule has 1 aliphatic rings. The summed E-state index contributed by atoms with van der Waals surface area (Å²) >= 11 is 0. The Morgan fingerprint density at radius 1 is 1.56 bits per heavy atom. The number of amides is 1. The molecule has 0 saturated carbocycles. The van der Waals surface area contributed by atoms with Crippen molar-refractivity contribution in [2.75, 3.05) is 23.4 Å². The number of nitrogen functional groups attached to an aromatic ring is 1. The first-order valence-electron chi connectivity index (χ1n) is 5.18. The topological polar surface area (TPSA) is 97.3 Å². The number of carbonyl (C=O) groups is 1. The molecule has 0 radical (unpaired) electrons. The van der Waals surface area contributed by atoms with Crippen LogP contribution < -0.4 is 21.9 Å². The predicted octanol–water partition coefficient (Wildman–Crippen LogP) is -0.321. The van der Waals surface area contributed by atoms with E-state index in [2.05, 4.69) is 10.4 Å². The van der Waals surface area contributed by atoms with Crippen molar-refractivity contribution in [1.82, 2.24) is 4.98 Å². The first kappa shape index (κ1) is 10.7. The summed E-state index contributed by atoms with van der Waals surface area (Å²) in [5.41, 5.74) is 7.77. The molecule has 1 atom stereocenters. The first-order chi connectivity index (χ1) is 7.70. The standard InChI is InChI=1S/C10H15N5O/c11-10(16)7-4-5-15(6-7)9-3-1-2-8(13-9)14-12/h1-3,7H,4-6,12H2,(H2,11,16)(H,13,14). The fourth-order valence-electron chi connectivity index (χ4n) is 1.88. The molecule has 0 spiro atoms. The fraction of sp³-hybridized carbons (Fsp3) is 0.400. The highest BCUT2D eigenvalue weighted by atomic mass is 16.1. The number of nitrogens with zero attached hydrogens (tertiary/aromatic N) is 2. The fourth-order valence-corrected chi connectivity index (χ4v) is 1.88. The number of nitrogens with two attached hydrogens (primary N) is 2. The lowest BCUT2D eigenvalue weighted by atomic mass is 10.1. The average molecular weight is 221 g/mol. The maximum absolute atomic E-state index is 11.0. The lowest BCUT2D eigenvalue weighted by molar-refractivity contribution is -0.121. The van der Waals surface area contributed by atoms with Crippen LogP contribution in [0.1, 0.15) is 6.42 Å². The van der Waals surface area contributed by atoms with Gasteiger partial charge in [-0.1, -0.05) is 6.07 Å². The molecule has 16 heavy (non-hydrogen) atoms. The third kappa shape index (κ3) is 2.06. The third-order valence-electron chi connectivity index (χ3n) is 2.80. The van der Waals surface area contributed by atoms with Crippen LogP contribution in [0.25, 0.3) is 0 Å². The highest BCUT2D eigenvalue weighted by Gasteiger charge is 2.27. The van der Waals surface area contributed by atoms with Crippen molar-refractivity contribution in [3.05, 3.63) is 18.2 Å². The van der Waals surface area contributed by atoms with Gasteiger partial charge in [0, 0.05) is 13.1 Å². The van der Waals surface area contributed by atoms with Crippen molar-refractivity contribution in [2.24, 2.45) is 17.5 Å². The summed E-state index contributed by atoms with van der Waals surface area (Å²) in [6.45, 7) is 1.44. The Labute approximate surface area is 93.6 Å². The molecule has 1 aromatic rings. The van der Waals surface area contributed by atoms with Crippen LogP contribution in [-0.2, 0) is 4.79 Å². The Balaban J connectivity index is 2.11. The molecule has 1 aliphatic heterocycles. The van der Waals surface area contributed by atoms with E-state index in [1.165, 1.54) is 0 Å². The van der Waals surface area contributed by atoms with Gasteiger partial charge in [-0.25, -0.2) is 10.8 Å². The van der Waals surface area contributed by atoms with Crippen LogP contribution in [0.4, 0.5) is 11.6 Å². The molecule has 2 heterocycles.